The number of hydrogen-bond donors (Lipinski definition) is 1. The van der Waals surface area contributed by atoms with Gasteiger partial charge in [0, 0.05) is 13.8 Å². The van der Waals surface area contributed by atoms with Gasteiger partial charge in [-0.25, -0.2) is 13.3 Å². The molecule has 0 saturated carbocycles. The third kappa shape index (κ3) is 5.16. The van der Waals surface area contributed by atoms with Crippen LogP contribution in [0.25, 0.3) is 0 Å². The molecule has 0 saturated heterocycles. The van der Waals surface area contributed by atoms with Crippen LogP contribution in [0.4, 0.5) is 5.69 Å². The van der Waals surface area contributed by atoms with Gasteiger partial charge in [-0.1, -0.05) is 12.1 Å². The molecule has 1 aromatic carbocycles. The van der Waals surface area contributed by atoms with Gasteiger partial charge in [0.15, 0.2) is 6.23 Å². The largest absolute Gasteiger partial charge is 0.472 e. The molecule has 1 aromatic rings. The van der Waals surface area contributed by atoms with Crippen LogP contribution in [0.3, 0.4) is 0 Å². The van der Waals surface area contributed by atoms with E-state index in [0.29, 0.717) is 0 Å². The molecule has 0 aliphatic carbocycles. The van der Waals surface area contributed by atoms with Gasteiger partial charge < -0.3 is 4.74 Å². The summed E-state index contributed by atoms with van der Waals surface area (Å²) in [5.41, 5.74) is 0.264. The van der Waals surface area contributed by atoms with Gasteiger partial charge in [-0.05, 0) is 19.1 Å². The third-order valence-corrected chi connectivity index (χ3v) is 3.18. The van der Waals surface area contributed by atoms with Crippen LogP contribution in [0.1, 0.15) is 20.8 Å². The maximum absolute atomic E-state index is 11.6. The lowest BCUT2D eigenvalue weighted by Crippen LogP contribution is -2.37. The Morgan fingerprint density at radius 1 is 1.19 bits per heavy atom. The Morgan fingerprint density at radius 2 is 1.71 bits per heavy atom. The molecule has 0 aromatic heterocycles. The summed E-state index contributed by atoms with van der Waals surface area (Å²) in [5.74, 6) is -0.684. The number of amides is 2. The van der Waals surface area contributed by atoms with E-state index in [1.165, 1.54) is 20.8 Å². The van der Waals surface area contributed by atoms with Gasteiger partial charge >= 0.3 is 0 Å². The van der Waals surface area contributed by atoms with Crippen molar-refractivity contribution < 1.29 is 22.7 Å². The van der Waals surface area contributed by atoms with E-state index in [0.717, 1.165) is 11.2 Å². The van der Waals surface area contributed by atoms with Crippen molar-refractivity contribution in [1.29, 1.82) is 0 Å². The van der Waals surface area contributed by atoms with Crippen LogP contribution >= 0.6 is 0 Å². The van der Waals surface area contributed by atoms with Gasteiger partial charge in [0.2, 0.25) is 21.8 Å². The molecule has 8 heteroatoms. The zero-order valence-corrected chi connectivity index (χ0v) is 13.1. The maximum Gasteiger partial charge on any atom is 0.230 e. The van der Waals surface area contributed by atoms with E-state index in [1.54, 1.807) is 24.3 Å². The Labute approximate surface area is 123 Å². The van der Waals surface area contributed by atoms with Crippen LogP contribution < -0.4 is 14.4 Å². The lowest BCUT2D eigenvalue weighted by Gasteiger charge is -2.23. The van der Waals surface area contributed by atoms with E-state index in [4.69, 9.17) is 4.74 Å². The second-order valence-corrected chi connectivity index (χ2v) is 6.27. The minimum absolute atomic E-state index is 0.228. The number of nitrogens with zero attached hydrogens (tertiary/aromatic N) is 1. The molecule has 21 heavy (non-hydrogen) atoms. The number of imide groups is 1. The monoisotopic (exact) mass is 314 g/mol. The number of carbonyl (C=O) groups is 2. The molecule has 7 nitrogen and oxygen atoms in total. The van der Waals surface area contributed by atoms with Gasteiger partial charge in [-0.15, -0.1) is 0 Å². The number of anilines is 1. The number of rotatable bonds is 5. The molecule has 116 valence electrons. The van der Waals surface area contributed by atoms with Crippen LogP contribution in [0.2, 0.25) is 0 Å². The molecule has 0 heterocycles. The van der Waals surface area contributed by atoms with Gasteiger partial charge in [-0.2, -0.15) is 4.72 Å². The van der Waals surface area contributed by atoms with Crippen LogP contribution in [-0.2, 0) is 19.6 Å². The second-order valence-electron chi connectivity index (χ2n) is 4.49. The number of sulfonamides is 1. The molecule has 2 amide bonds. The molecule has 0 aliphatic heterocycles. The fourth-order valence-corrected chi connectivity index (χ4v) is 2.47. The molecule has 1 atom stereocenters. The zero-order chi connectivity index (χ0) is 16.2. The summed E-state index contributed by atoms with van der Waals surface area (Å²) in [7, 11) is -3.43. The number of nitrogens with one attached hydrogen (secondary N) is 1. The molecule has 0 spiro atoms. The van der Waals surface area contributed by atoms with Crippen molar-refractivity contribution in [3.63, 3.8) is 0 Å². The van der Waals surface area contributed by atoms with E-state index in [9.17, 15) is 18.0 Å². The summed E-state index contributed by atoms with van der Waals surface area (Å²) in [4.78, 5) is 24.1. The quantitative estimate of drug-likeness (QED) is 0.814. The molecule has 1 unspecified atom stereocenters. The fraction of sp³-hybridized carbons (Fsp3) is 0.385. The maximum atomic E-state index is 11.6. The minimum atomic E-state index is -3.43. The second kappa shape index (κ2) is 6.68. The summed E-state index contributed by atoms with van der Waals surface area (Å²) in [6.07, 6.45) is 0.165. The van der Waals surface area contributed by atoms with Crippen molar-refractivity contribution in [2.45, 2.75) is 27.0 Å². The van der Waals surface area contributed by atoms with Crippen molar-refractivity contribution >= 4 is 27.5 Å². The molecular weight excluding hydrogens is 296 g/mol. The minimum Gasteiger partial charge on any atom is -0.472 e. The van der Waals surface area contributed by atoms with E-state index in [-0.39, 0.29) is 11.4 Å². The van der Waals surface area contributed by atoms with Gasteiger partial charge in [0.25, 0.3) is 0 Å². The number of benzene rings is 1. The first-order valence-corrected chi connectivity index (χ1v) is 8.05. The molecular formula is C13H18N2O5S. The van der Waals surface area contributed by atoms with Gasteiger partial charge in [0.1, 0.15) is 5.75 Å². The topological polar surface area (TPSA) is 92.8 Å². The highest BCUT2D eigenvalue weighted by Crippen LogP contribution is 2.29. The summed E-state index contributed by atoms with van der Waals surface area (Å²) in [6.45, 7) is 4.02. The molecule has 0 radical (unpaired) electrons. The first kappa shape index (κ1) is 17.1. The molecule has 1 N–H and O–H groups in total. The molecule has 0 aliphatic rings. The fourth-order valence-electron chi connectivity index (χ4n) is 1.82. The van der Waals surface area contributed by atoms with Crippen LogP contribution in [0.5, 0.6) is 5.75 Å². The zero-order valence-electron chi connectivity index (χ0n) is 12.3. The highest BCUT2D eigenvalue weighted by molar-refractivity contribution is 7.88. The number of ether oxygens (including phenoxy) is 1. The summed E-state index contributed by atoms with van der Waals surface area (Å²) < 4.78 is 30.0. The van der Waals surface area contributed by atoms with Gasteiger partial charge in [0.05, 0.1) is 11.9 Å². The van der Waals surface area contributed by atoms with E-state index < -0.39 is 28.1 Å². The first-order chi connectivity index (χ1) is 9.61. The van der Waals surface area contributed by atoms with E-state index in [2.05, 4.69) is 4.72 Å². The normalized spacial score (nSPS) is 12.6. The molecule has 0 bridgehead atoms. The Bertz CT molecular complexity index is 628. The summed E-state index contributed by atoms with van der Waals surface area (Å²) >= 11 is 0. The van der Waals surface area contributed by atoms with Crippen molar-refractivity contribution in [3.8, 4) is 5.75 Å². The summed E-state index contributed by atoms with van der Waals surface area (Å²) in [5, 5.41) is 0. The van der Waals surface area contributed by atoms with Crippen molar-refractivity contribution in [3.05, 3.63) is 24.3 Å². The van der Waals surface area contributed by atoms with Crippen molar-refractivity contribution in [2.75, 3.05) is 11.2 Å². The Kier molecular flexibility index (Phi) is 5.45. The standard InChI is InChI=1S/C13H18N2O5S/c1-9(14-21(4,18)19)20-13-8-6-5-7-12(13)15(10(2)16)11(3)17/h5-9,14H,1-4H3. The van der Waals surface area contributed by atoms with E-state index in [1.807, 2.05) is 0 Å². The lowest BCUT2D eigenvalue weighted by molar-refractivity contribution is -0.124. The highest BCUT2D eigenvalue weighted by atomic mass is 32.2. The SMILES string of the molecule is CC(=O)N(C(C)=O)c1ccccc1OC(C)NS(C)(=O)=O. The van der Waals surface area contributed by atoms with Crippen molar-refractivity contribution in [1.82, 2.24) is 4.72 Å². The lowest BCUT2D eigenvalue weighted by atomic mass is 10.2. The Hall–Kier alpha value is -1.93. The Morgan fingerprint density at radius 3 is 2.19 bits per heavy atom. The highest BCUT2D eigenvalue weighted by Gasteiger charge is 2.21. The predicted octanol–water partition coefficient (Wildman–Crippen LogP) is 0.860. The number of hydrogen-bond acceptors (Lipinski definition) is 5. The van der Waals surface area contributed by atoms with Gasteiger partial charge in [-0.3, -0.25) is 9.59 Å². The molecule has 1 rings (SSSR count). The average molecular weight is 314 g/mol. The van der Waals surface area contributed by atoms with Crippen LogP contribution in [-0.4, -0.2) is 32.7 Å². The number of carbonyl (C=O) groups excluding carboxylic acids is 2. The summed E-state index contributed by atoms with van der Waals surface area (Å²) in [6, 6.07) is 6.40. The first-order valence-electron chi connectivity index (χ1n) is 6.16. The smallest absolute Gasteiger partial charge is 0.230 e. The third-order valence-electron chi connectivity index (χ3n) is 2.42. The predicted molar refractivity (Wildman–Crippen MR) is 78.4 cm³/mol. The van der Waals surface area contributed by atoms with Crippen LogP contribution in [0.15, 0.2) is 24.3 Å². The van der Waals surface area contributed by atoms with Crippen LogP contribution in [0, 0.1) is 0 Å². The molecule has 0 fully saturated rings. The van der Waals surface area contributed by atoms with Crippen molar-refractivity contribution in [2.24, 2.45) is 0 Å². The number of para-hydroxylation sites is 2. The Balaban J connectivity index is 3.09. The average Bonchev–Trinajstić information content (AvgIpc) is 2.27. The van der Waals surface area contributed by atoms with E-state index >= 15 is 0 Å².